The van der Waals surface area contributed by atoms with Crippen molar-refractivity contribution in [1.29, 1.82) is 0 Å². The highest BCUT2D eigenvalue weighted by molar-refractivity contribution is 5.29. The van der Waals surface area contributed by atoms with Crippen LogP contribution >= 0.6 is 0 Å². The summed E-state index contributed by atoms with van der Waals surface area (Å²) >= 11 is 0. The van der Waals surface area contributed by atoms with E-state index < -0.39 is 0 Å². The van der Waals surface area contributed by atoms with E-state index in [1.165, 1.54) is 12.0 Å². The molecule has 0 heterocycles. The van der Waals surface area contributed by atoms with E-state index in [0.717, 1.165) is 6.54 Å². The lowest BCUT2D eigenvalue weighted by atomic mass is 10.0. The largest absolute Gasteiger partial charge is 0.330 e. The molecule has 1 nitrogen and oxygen atoms in total. The van der Waals surface area contributed by atoms with Crippen molar-refractivity contribution < 1.29 is 0 Å². The molecule has 0 amide bonds. The second-order valence-corrected chi connectivity index (χ2v) is 4.03. The third-order valence-corrected chi connectivity index (χ3v) is 3.02. The first kappa shape index (κ1) is 7.81. The monoisotopic (exact) mass is 161 g/mol. The fraction of sp³-hybridized carbons (Fsp3) is 0.455. The second kappa shape index (κ2) is 2.60. The van der Waals surface area contributed by atoms with Gasteiger partial charge in [0, 0.05) is 0 Å². The maximum absolute atomic E-state index is 5.70. The lowest BCUT2D eigenvalue weighted by molar-refractivity contribution is 0.564. The summed E-state index contributed by atoms with van der Waals surface area (Å²) in [4.78, 5) is 0. The molecule has 0 radical (unpaired) electrons. The molecule has 1 heteroatoms. The molecule has 64 valence electrons. The van der Waals surface area contributed by atoms with Crippen LogP contribution in [0.15, 0.2) is 30.3 Å². The van der Waals surface area contributed by atoms with Gasteiger partial charge in [0.25, 0.3) is 0 Å². The number of hydrogen-bond donors (Lipinski definition) is 1. The van der Waals surface area contributed by atoms with Crippen LogP contribution in [0.5, 0.6) is 0 Å². The van der Waals surface area contributed by atoms with E-state index >= 15 is 0 Å². The standard InChI is InChI=1S/C11H15N/c1-11(8-12)7-10(11)9-5-3-2-4-6-9/h2-6,10H,7-8,12H2,1H3/t10?,11-/m0/s1. The summed E-state index contributed by atoms with van der Waals surface area (Å²) in [5.41, 5.74) is 7.54. The Bertz CT molecular complexity index is 268. The van der Waals surface area contributed by atoms with Crippen LogP contribution in [0.4, 0.5) is 0 Å². The fourth-order valence-electron chi connectivity index (χ4n) is 1.84. The van der Waals surface area contributed by atoms with Crippen LogP contribution < -0.4 is 5.73 Å². The summed E-state index contributed by atoms with van der Waals surface area (Å²) in [6, 6.07) is 10.7. The van der Waals surface area contributed by atoms with Crippen LogP contribution in [-0.4, -0.2) is 6.54 Å². The van der Waals surface area contributed by atoms with Crippen molar-refractivity contribution in [3.05, 3.63) is 35.9 Å². The minimum absolute atomic E-state index is 0.390. The van der Waals surface area contributed by atoms with Crippen molar-refractivity contribution in [1.82, 2.24) is 0 Å². The van der Waals surface area contributed by atoms with Gasteiger partial charge in [-0.05, 0) is 29.9 Å². The van der Waals surface area contributed by atoms with Gasteiger partial charge in [0.2, 0.25) is 0 Å². The zero-order valence-corrected chi connectivity index (χ0v) is 7.46. The van der Waals surface area contributed by atoms with Crippen LogP contribution in [0.3, 0.4) is 0 Å². The average Bonchev–Trinajstić information content (AvgIpc) is 2.81. The van der Waals surface area contributed by atoms with E-state index in [1.807, 2.05) is 0 Å². The SMILES string of the molecule is C[C@@]1(CN)CC1c1ccccc1. The second-order valence-electron chi connectivity index (χ2n) is 4.03. The number of rotatable bonds is 2. The number of nitrogens with two attached hydrogens (primary N) is 1. The molecule has 1 unspecified atom stereocenters. The maximum Gasteiger partial charge on any atom is -0.00171 e. The molecule has 12 heavy (non-hydrogen) atoms. The van der Waals surface area contributed by atoms with Gasteiger partial charge >= 0.3 is 0 Å². The predicted octanol–water partition coefficient (Wildman–Crippen LogP) is 2.14. The van der Waals surface area contributed by atoms with Gasteiger partial charge in [0.05, 0.1) is 0 Å². The van der Waals surface area contributed by atoms with Gasteiger partial charge in [-0.1, -0.05) is 37.3 Å². The first-order valence-electron chi connectivity index (χ1n) is 4.51. The van der Waals surface area contributed by atoms with E-state index in [9.17, 15) is 0 Å². The van der Waals surface area contributed by atoms with Crippen molar-refractivity contribution in [3.63, 3.8) is 0 Å². The van der Waals surface area contributed by atoms with Gasteiger partial charge in [-0.2, -0.15) is 0 Å². The molecule has 0 saturated heterocycles. The lowest BCUT2D eigenvalue weighted by Gasteiger charge is -2.06. The van der Waals surface area contributed by atoms with Crippen molar-refractivity contribution in [2.24, 2.45) is 11.1 Å². The van der Waals surface area contributed by atoms with E-state index in [0.29, 0.717) is 11.3 Å². The highest BCUT2D eigenvalue weighted by Crippen LogP contribution is 2.58. The van der Waals surface area contributed by atoms with Crippen LogP contribution in [0, 0.1) is 5.41 Å². The van der Waals surface area contributed by atoms with Crippen molar-refractivity contribution in [2.45, 2.75) is 19.3 Å². The van der Waals surface area contributed by atoms with Crippen molar-refractivity contribution in [3.8, 4) is 0 Å². The van der Waals surface area contributed by atoms with Crippen LogP contribution in [-0.2, 0) is 0 Å². The molecule has 1 aromatic carbocycles. The molecule has 0 aliphatic heterocycles. The Morgan fingerprint density at radius 1 is 1.42 bits per heavy atom. The molecule has 1 aromatic rings. The molecule has 1 fully saturated rings. The highest BCUT2D eigenvalue weighted by Gasteiger charge is 2.49. The Kier molecular flexibility index (Phi) is 1.69. The quantitative estimate of drug-likeness (QED) is 0.706. The first-order valence-corrected chi connectivity index (χ1v) is 4.51. The van der Waals surface area contributed by atoms with Crippen LogP contribution in [0.1, 0.15) is 24.8 Å². The molecule has 1 aliphatic rings. The van der Waals surface area contributed by atoms with Crippen molar-refractivity contribution >= 4 is 0 Å². The summed E-state index contributed by atoms with van der Waals surface area (Å²) in [6.07, 6.45) is 1.26. The van der Waals surface area contributed by atoms with Gasteiger partial charge < -0.3 is 5.73 Å². The Morgan fingerprint density at radius 2 is 2.08 bits per heavy atom. The molecular weight excluding hydrogens is 146 g/mol. The zero-order valence-electron chi connectivity index (χ0n) is 7.46. The van der Waals surface area contributed by atoms with Gasteiger partial charge in [-0.25, -0.2) is 0 Å². The number of benzene rings is 1. The van der Waals surface area contributed by atoms with Crippen molar-refractivity contribution in [2.75, 3.05) is 6.54 Å². The molecule has 1 aliphatic carbocycles. The molecular formula is C11H15N. The summed E-state index contributed by atoms with van der Waals surface area (Å²) in [5, 5.41) is 0. The molecule has 2 atom stereocenters. The van der Waals surface area contributed by atoms with E-state index in [2.05, 4.69) is 37.3 Å². The summed E-state index contributed by atoms with van der Waals surface area (Å²) in [6.45, 7) is 3.08. The fourth-order valence-corrected chi connectivity index (χ4v) is 1.84. The normalized spacial score (nSPS) is 33.3. The lowest BCUT2D eigenvalue weighted by Crippen LogP contribution is -2.13. The minimum atomic E-state index is 0.390. The van der Waals surface area contributed by atoms with Gasteiger partial charge in [0.1, 0.15) is 0 Å². The third kappa shape index (κ3) is 1.14. The third-order valence-electron chi connectivity index (χ3n) is 3.02. The van der Waals surface area contributed by atoms with E-state index in [1.54, 1.807) is 0 Å². The van der Waals surface area contributed by atoms with E-state index in [-0.39, 0.29) is 0 Å². The smallest absolute Gasteiger partial charge is 0.00171 e. The Labute approximate surface area is 73.6 Å². The Hall–Kier alpha value is -0.820. The van der Waals surface area contributed by atoms with Gasteiger partial charge in [-0.3, -0.25) is 0 Å². The summed E-state index contributed by atoms with van der Waals surface area (Å²) in [5.74, 6) is 0.712. The zero-order chi connectivity index (χ0) is 8.60. The predicted molar refractivity (Wildman–Crippen MR) is 51.0 cm³/mol. The average molecular weight is 161 g/mol. The molecule has 0 bridgehead atoms. The molecule has 0 spiro atoms. The molecule has 2 N–H and O–H groups in total. The summed E-state index contributed by atoms with van der Waals surface area (Å²) < 4.78 is 0. The highest BCUT2D eigenvalue weighted by atomic mass is 14.7. The molecule has 0 aromatic heterocycles. The van der Waals surface area contributed by atoms with E-state index in [4.69, 9.17) is 5.73 Å². The van der Waals surface area contributed by atoms with Crippen LogP contribution in [0.25, 0.3) is 0 Å². The first-order chi connectivity index (χ1) is 5.76. The summed E-state index contributed by atoms with van der Waals surface area (Å²) in [7, 11) is 0. The Morgan fingerprint density at radius 3 is 2.58 bits per heavy atom. The van der Waals surface area contributed by atoms with Crippen LogP contribution in [0.2, 0.25) is 0 Å². The minimum Gasteiger partial charge on any atom is -0.330 e. The van der Waals surface area contributed by atoms with Gasteiger partial charge in [-0.15, -0.1) is 0 Å². The maximum atomic E-state index is 5.70. The molecule has 1 saturated carbocycles. The number of hydrogen-bond acceptors (Lipinski definition) is 1. The van der Waals surface area contributed by atoms with Gasteiger partial charge in [0.15, 0.2) is 0 Å². The molecule has 2 rings (SSSR count). The topological polar surface area (TPSA) is 26.0 Å². The Balaban J connectivity index is 2.16.